The Hall–Kier alpha value is -0.730. The molecule has 0 aromatic carbocycles. The Labute approximate surface area is 99.6 Å². The molecule has 2 atom stereocenters. The number of nitrogens with two attached hydrogens (primary N) is 1. The monoisotopic (exact) mass is 248 g/mol. The van der Waals surface area contributed by atoms with Crippen molar-refractivity contribution in [2.45, 2.75) is 30.6 Å². The van der Waals surface area contributed by atoms with Crippen molar-refractivity contribution in [3.05, 3.63) is 0 Å². The maximum absolute atomic E-state index is 11.8. The summed E-state index contributed by atoms with van der Waals surface area (Å²) >= 11 is 0. The SMILES string of the molecule is NCC1CCC(C(=O)NC(CO)(CO)CO)O1. The highest BCUT2D eigenvalue weighted by Gasteiger charge is 2.36. The molecule has 17 heavy (non-hydrogen) atoms. The summed E-state index contributed by atoms with van der Waals surface area (Å²) in [6.45, 7) is -1.27. The fraction of sp³-hybridized carbons (Fsp3) is 0.900. The van der Waals surface area contributed by atoms with Crippen molar-refractivity contribution in [3.8, 4) is 0 Å². The molecule has 0 radical (unpaired) electrons. The minimum absolute atomic E-state index is 0.127. The number of nitrogens with one attached hydrogen (secondary N) is 1. The number of hydrogen-bond acceptors (Lipinski definition) is 6. The summed E-state index contributed by atoms with van der Waals surface area (Å²) in [6.07, 6.45) is 0.496. The van der Waals surface area contributed by atoms with E-state index in [1.54, 1.807) is 0 Å². The molecule has 0 aliphatic carbocycles. The lowest BCUT2D eigenvalue weighted by atomic mass is 10.0. The number of amides is 1. The summed E-state index contributed by atoms with van der Waals surface area (Å²) in [5.74, 6) is -0.446. The Kier molecular flexibility index (Phi) is 5.29. The van der Waals surface area contributed by atoms with Crippen LogP contribution in [0.2, 0.25) is 0 Å². The third-order valence-electron chi connectivity index (χ3n) is 2.96. The Bertz CT molecular complexity index is 249. The molecular weight excluding hydrogens is 228 g/mol. The summed E-state index contributed by atoms with van der Waals surface area (Å²) in [5.41, 5.74) is 4.02. The van der Waals surface area contributed by atoms with E-state index in [2.05, 4.69) is 5.32 Å². The maximum Gasteiger partial charge on any atom is 0.249 e. The molecule has 1 amide bonds. The van der Waals surface area contributed by atoms with Gasteiger partial charge in [-0.3, -0.25) is 4.79 Å². The van der Waals surface area contributed by atoms with Gasteiger partial charge in [0.25, 0.3) is 0 Å². The van der Waals surface area contributed by atoms with E-state index in [4.69, 9.17) is 25.8 Å². The van der Waals surface area contributed by atoms with Crippen LogP contribution in [0.15, 0.2) is 0 Å². The van der Waals surface area contributed by atoms with Crippen LogP contribution < -0.4 is 11.1 Å². The molecule has 1 heterocycles. The normalized spacial score (nSPS) is 24.9. The van der Waals surface area contributed by atoms with E-state index < -0.39 is 37.4 Å². The van der Waals surface area contributed by atoms with E-state index in [1.807, 2.05) is 0 Å². The van der Waals surface area contributed by atoms with Crippen molar-refractivity contribution >= 4 is 5.91 Å². The first-order valence-corrected chi connectivity index (χ1v) is 5.61. The highest BCUT2D eigenvalue weighted by molar-refractivity contribution is 5.81. The van der Waals surface area contributed by atoms with Gasteiger partial charge in [-0.2, -0.15) is 0 Å². The van der Waals surface area contributed by atoms with Gasteiger partial charge >= 0.3 is 0 Å². The van der Waals surface area contributed by atoms with Gasteiger partial charge in [0.15, 0.2) is 0 Å². The topological polar surface area (TPSA) is 125 Å². The van der Waals surface area contributed by atoms with Gasteiger partial charge in [0.2, 0.25) is 5.91 Å². The quantitative estimate of drug-likeness (QED) is 0.349. The van der Waals surface area contributed by atoms with Gasteiger partial charge < -0.3 is 31.1 Å². The number of hydrogen-bond donors (Lipinski definition) is 5. The van der Waals surface area contributed by atoms with Crippen LogP contribution in [0.4, 0.5) is 0 Å². The van der Waals surface area contributed by atoms with Crippen LogP contribution in [0.25, 0.3) is 0 Å². The lowest BCUT2D eigenvalue weighted by Gasteiger charge is -2.29. The molecule has 0 saturated carbocycles. The maximum atomic E-state index is 11.8. The van der Waals surface area contributed by atoms with Gasteiger partial charge in [-0.05, 0) is 12.8 Å². The van der Waals surface area contributed by atoms with Crippen LogP contribution in [-0.2, 0) is 9.53 Å². The molecule has 0 spiro atoms. The predicted octanol–water partition coefficient (Wildman–Crippen LogP) is -2.68. The molecule has 1 aliphatic heterocycles. The number of aliphatic hydroxyl groups is 3. The van der Waals surface area contributed by atoms with Crippen molar-refractivity contribution < 1.29 is 24.9 Å². The highest BCUT2D eigenvalue weighted by atomic mass is 16.5. The van der Waals surface area contributed by atoms with Crippen LogP contribution >= 0.6 is 0 Å². The minimum Gasteiger partial charge on any atom is -0.394 e. The average Bonchev–Trinajstić information content (AvgIpc) is 2.85. The zero-order valence-corrected chi connectivity index (χ0v) is 9.63. The van der Waals surface area contributed by atoms with Gasteiger partial charge in [-0.15, -0.1) is 0 Å². The average molecular weight is 248 g/mol. The zero-order chi connectivity index (χ0) is 12.9. The number of carbonyl (C=O) groups excluding carboxylic acids is 1. The number of ether oxygens (including phenoxy) is 1. The first-order chi connectivity index (χ1) is 8.10. The van der Waals surface area contributed by atoms with Crippen LogP contribution in [0, 0.1) is 0 Å². The molecular formula is C10H20N2O5. The molecule has 1 fully saturated rings. The second-order valence-electron chi connectivity index (χ2n) is 4.30. The zero-order valence-electron chi connectivity index (χ0n) is 9.63. The van der Waals surface area contributed by atoms with Gasteiger partial charge in [-0.25, -0.2) is 0 Å². The van der Waals surface area contributed by atoms with Crippen molar-refractivity contribution in [3.63, 3.8) is 0 Å². The standard InChI is InChI=1S/C10H20N2O5/c11-3-7-1-2-8(17-7)9(16)12-10(4-13,5-14)6-15/h7-8,13-15H,1-6,11H2,(H,12,16). The summed E-state index contributed by atoms with van der Waals surface area (Å²) in [7, 11) is 0. The molecule has 1 rings (SSSR count). The fourth-order valence-corrected chi connectivity index (χ4v) is 1.68. The number of aliphatic hydroxyl groups excluding tert-OH is 3. The van der Waals surface area contributed by atoms with Crippen LogP contribution in [0.5, 0.6) is 0 Å². The van der Waals surface area contributed by atoms with Crippen LogP contribution in [0.3, 0.4) is 0 Å². The first kappa shape index (κ1) is 14.3. The van der Waals surface area contributed by atoms with Gasteiger partial charge in [0, 0.05) is 6.54 Å². The third kappa shape index (κ3) is 3.36. The smallest absolute Gasteiger partial charge is 0.249 e. The first-order valence-electron chi connectivity index (χ1n) is 5.61. The molecule has 100 valence electrons. The minimum atomic E-state index is -1.40. The van der Waals surface area contributed by atoms with Gasteiger partial charge in [0.1, 0.15) is 11.6 Å². The van der Waals surface area contributed by atoms with E-state index >= 15 is 0 Å². The van der Waals surface area contributed by atoms with Crippen molar-refractivity contribution in [1.29, 1.82) is 0 Å². The van der Waals surface area contributed by atoms with Crippen LogP contribution in [0.1, 0.15) is 12.8 Å². The molecule has 7 nitrogen and oxygen atoms in total. The molecule has 6 N–H and O–H groups in total. The van der Waals surface area contributed by atoms with Crippen molar-refractivity contribution in [2.75, 3.05) is 26.4 Å². The third-order valence-corrected chi connectivity index (χ3v) is 2.96. The second-order valence-corrected chi connectivity index (χ2v) is 4.30. The van der Waals surface area contributed by atoms with Gasteiger partial charge in [-0.1, -0.05) is 0 Å². The van der Waals surface area contributed by atoms with E-state index in [0.717, 1.165) is 0 Å². The summed E-state index contributed by atoms with van der Waals surface area (Å²) in [6, 6.07) is 0. The largest absolute Gasteiger partial charge is 0.394 e. The Morgan fingerprint density at radius 3 is 2.29 bits per heavy atom. The molecule has 0 aromatic rings. The van der Waals surface area contributed by atoms with E-state index in [0.29, 0.717) is 19.4 Å². The Morgan fingerprint density at radius 2 is 1.88 bits per heavy atom. The fourth-order valence-electron chi connectivity index (χ4n) is 1.68. The number of rotatable bonds is 6. The van der Waals surface area contributed by atoms with E-state index in [9.17, 15) is 4.79 Å². The van der Waals surface area contributed by atoms with Crippen molar-refractivity contribution in [2.24, 2.45) is 5.73 Å². The van der Waals surface area contributed by atoms with Gasteiger partial charge in [0.05, 0.1) is 25.9 Å². The van der Waals surface area contributed by atoms with Crippen molar-refractivity contribution in [1.82, 2.24) is 5.32 Å². The highest BCUT2D eigenvalue weighted by Crippen LogP contribution is 2.19. The summed E-state index contributed by atoms with van der Waals surface area (Å²) < 4.78 is 5.37. The predicted molar refractivity (Wildman–Crippen MR) is 59.1 cm³/mol. The number of carbonyl (C=O) groups is 1. The summed E-state index contributed by atoms with van der Waals surface area (Å²) in [5, 5.41) is 29.6. The molecule has 2 unspecified atom stereocenters. The van der Waals surface area contributed by atoms with Crippen LogP contribution in [-0.4, -0.2) is 65.3 Å². The molecule has 0 aromatic heterocycles. The Morgan fingerprint density at radius 1 is 1.29 bits per heavy atom. The Balaban J connectivity index is 2.54. The lowest BCUT2D eigenvalue weighted by Crippen LogP contribution is -2.59. The molecule has 0 bridgehead atoms. The molecule has 1 saturated heterocycles. The van der Waals surface area contributed by atoms with E-state index in [-0.39, 0.29) is 6.10 Å². The summed E-state index contributed by atoms with van der Waals surface area (Å²) in [4.78, 5) is 11.8. The molecule has 7 heteroatoms. The second kappa shape index (κ2) is 6.27. The van der Waals surface area contributed by atoms with E-state index in [1.165, 1.54) is 0 Å². The lowest BCUT2D eigenvalue weighted by molar-refractivity contribution is -0.136. The molecule has 1 aliphatic rings.